The fourth-order valence-electron chi connectivity index (χ4n) is 2.43. The van der Waals surface area contributed by atoms with E-state index in [1.807, 2.05) is 30.3 Å². The Morgan fingerprint density at radius 2 is 1.62 bits per heavy atom. The van der Waals surface area contributed by atoms with Crippen molar-refractivity contribution >= 4 is 0 Å². The Kier molecular flexibility index (Phi) is 2.06. The molecule has 2 nitrogen and oxygen atoms in total. The van der Waals surface area contributed by atoms with Crippen molar-refractivity contribution in [2.75, 3.05) is 0 Å². The summed E-state index contributed by atoms with van der Waals surface area (Å²) in [4.78, 5) is 0. The minimum absolute atomic E-state index is 0.599. The van der Waals surface area contributed by atoms with E-state index >= 15 is 0 Å². The molecule has 2 N–H and O–H groups in total. The minimum atomic E-state index is -1.40. The zero-order valence-electron chi connectivity index (χ0n) is 8.72. The van der Waals surface area contributed by atoms with Crippen molar-refractivity contribution < 1.29 is 10.2 Å². The molecule has 0 aliphatic heterocycles. The molecule has 0 bridgehead atoms. The van der Waals surface area contributed by atoms with E-state index < -0.39 is 6.29 Å². The highest BCUT2D eigenvalue weighted by Crippen LogP contribution is 2.40. The van der Waals surface area contributed by atoms with E-state index in [0.717, 1.165) is 17.5 Å². The molecule has 16 heavy (non-hydrogen) atoms. The predicted molar refractivity (Wildman–Crippen MR) is 61.9 cm³/mol. The van der Waals surface area contributed by atoms with Crippen molar-refractivity contribution in [2.24, 2.45) is 0 Å². The van der Waals surface area contributed by atoms with E-state index in [-0.39, 0.29) is 0 Å². The smallest absolute Gasteiger partial charge is 0.179 e. The largest absolute Gasteiger partial charge is 0.364 e. The van der Waals surface area contributed by atoms with Crippen LogP contribution in [0.3, 0.4) is 0 Å². The third-order valence-electron chi connectivity index (χ3n) is 3.13. The van der Waals surface area contributed by atoms with Gasteiger partial charge in [-0.25, -0.2) is 0 Å². The predicted octanol–water partition coefficient (Wildman–Crippen LogP) is 2.24. The van der Waals surface area contributed by atoms with Gasteiger partial charge in [0.25, 0.3) is 0 Å². The number of aliphatic hydroxyl groups excluding tert-OH is 1. The zero-order chi connectivity index (χ0) is 11.1. The van der Waals surface area contributed by atoms with Gasteiger partial charge >= 0.3 is 0 Å². The van der Waals surface area contributed by atoms with Gasteiger partial charge in [0.15, 0.2) is 6.29 Å². The molecule has 3 rings (SSSR count). The van der Waals surface area contributed by atoms with E-state index in [0.29, 0.717) is 5.56 Å². The molecule has 2 aromatic carbocycles. The lowest BCUT2D eigenvalue weighted by Crippen LogP contribution is -1.98. The molecule has 1 aliphatic carbocycles. The van der Waals surface area contributed by atoms with E-state index in [1.54, 1.807) is 6.07 Å². The summed E-state index contributed by atoms with van der Waals surface area (Å²) in [5, 5.41) is 18.7. The SMILES string of the molecule is OC(O)c1cccc2c1-c1ccccc1C2. The number of rotatable bonds is 1. The summed E-state index contributed by atoms with van der Waals surface area (Å²) < 4.78 is 0. The quantitative estimate of drug-likeness (QED) is 0.607. The second-order valence-electron chi connectivity index (χ2n) is 4.09. The van der Waals surface area contributed by atoms with Gasteiger partial charge in [0.05, 0.1) is 0 Å². The molecule has 0 unspecified atom stereocenters. The van der Waals surface area contributed by atoms with E-state index in [2.05, 4.69) is 6.07 Å². The average Bonchev–Trinajstić information content (AvgIpc) is 2.66. The summed E-state index contributed by atoms with van der Waals surface area (Å²) in [6.45, 7) is 0. The van der Waals surface area contributed by atoms with Crippen LogP contribution in [0.2, 0.25) is 0 Å². The maximum Gasteiger partial charge on any atom is 0.179 e. The average molecular weight is 212 g/mol. The summed E-state index contributed by atoms with van der Waals surface area (Å²) in [5.74, 6) is 0. The van der Waals surface area contributed by atoms with Gasteiger partial charge in [-0.3, -0.25) is 0 Å². The van der Waals surface area contributed by atoms with Crippen LogP contribution in [0.15, 0.2) is 42.5 Å². The number of aliphatic hydroxyl groups is 2. The van der Waals surface area contributed by atoms with Gasteiger partial charge in [-0.1, -0.05) is 42.5 Å². The molecule has 0 spiro atoms. The lowest BCUT2D eigenvalue weighted by Gasteiger charge is -2.10. The third-order valence-corrected chi connectivity index (χ3v) is 3.13. The van der Waals surface area contributed by atoms with Crippen LogP contribution in [0.5, 0.6) is 0 Å². The van der Waals surface area contributed by atoms with Crippen LogP contribution in [0.4, 0.5) is 0 Å². The first-order valence-corrected chi connectivity index (χ1v) is 5.33. The van der Waals surface area contributed by atoms with E-state index in [9.17, 15) is 10.2 Å². The lowest BCUT2D eigenvalue weighted by atomic mass is 9.99. The van der Waals surface area contributed by atoms with Gasteiger partial charge in [-0.05, 0) is 28.7 Å². The van der Waals surface area contributed by atoms with Crippen molar-refractivity contribution in [1.82, 2.24) is 0 Å². The van der Waals surface area contributed by atoms with Gasteiger partial charge in [0, 0.05) is 5.56 Å². The van der Waals surface area contributed by atoms with Crippen LogP contribution < -0.4 is 0 Å². The highest BCUT2D eigenvalue weighted by molar-refractivity contribution is 5.79. The van der Waals surface area contributed by atoms with E-state index in [1.165, 1.54) is 11.1 Å². The summed E-state index contributed by atoms with van der Waals surface area (Å²) >= 11 is 0. The van der Waals surface area contributed by atoms with Crippen molar-refractivity contribution in [3.05, 3.63) is 59.2 Å². The van der Waals surface area contributed by atoms with Gasteiger partial charge in [-0.2, -0.15) is 0 Å². The Morgan fingerprint density at radius 3 is 2.44 bits per heavy atom. The third kappa shape index (κ3) is 1.28. The molecule has 0 aromatic heterocycles. The molecule has 80 valence electrons. The minimum Gasteiger partial charge on any atom is -0.364 e. The summed E-state index contributed by atoms with van der Waals surface area (Å²) in [6, 6.07) is 13.8. The second kappa shape index (κ2) is 3.44. The van der Waals surface area contributed by atoms with Crippen LogP contribution in [0.1, 0.15) is 23.0 Å². The van der Waals surface area contributed by atoms with Crippen LogP contribution in [-0.2, 0) is 6.42 Å². The maximum absolute atomic E-state index is 9.37. The fourth-order valence-corrected chi connectivity index (χ4v) is 2.43. The highest BCUT2D eigenvalue weighted by atomic mass is 16.5. The molecular weight excluding hydrogens is 200 g/mol. The van der Waals surface area contributed by atoms with Crippen LogP contribution in [0, 0.1) is 0 Å². The first kappa shape index (κ1) is 9.58. The Bertz CT molecular complexity index is 544. The molecule has 0 radical (unpaired) electrons. The van der Waals surface area contributed by atoms with Crippen molar-refractivity contribution in [3.8, 4) is 11.1 Å². The normalized spacial score (nSPS) is 12.7. The molecular formula is C14H12O2. The molecule has 0 atom stereocenters. The molecule has 0 heterocycles. The lowest BCUT2D eigenvalue weighted by molar-refractivity contribution is -0.0420. The van der Waals surface area contributed by atoms with Crippen molar-refractivity contribution in [3.63, 3.8) is 0 Å². The Balaban J connectivity index is 2.29. The monoisotopic (exact) mass is 212 g/mol. The van der Waals surface area contributed by atoms with Gasteiger partial charge < -0.3 is 10.2 Å². The van der Waals surface area contributed by atoms with Crippen molar-refractivity contribution in [1.29, 1.82) is 0 Å². The Hall–Kier alpha value is -1.64. The molecule has 2 heteroatoms. The van der Waals surface area contributed by atoms with Crippen LogP contribution in [-0.4, -0.2) is 10.2 Å². The number of hydrogen-bond donors (Lipinski definition) is 2. The standard InChI is InChI=1S/C14H12O2/c15-14(16)12-7-3-5-10-8-9-4-1-2-6-11(9)13(10)12/h1-7,14-16H,8H2. The van der Waals surface area contributed by atoms with Crippen LogP contribution >= 0.6 is 0 Å². The van der Waals surface area contributed by atoms with E-state index in [4.69, 9.17) is 0 Å². The molecule has 0 saturated carbocycles. The van der Waals surface area contributed by atoms with Crippen molar-refractivity contribution in [2.45, 2.75) is 12.7 Å². The zero-order valence-corrected chi connectivity index (χ0v) is 8.72. The van der Waals surface area contributed by atoms with Gasteiger partial charge in [-0.15, -0.1) is 0 Å². The highest BCUT2D eigenvalue weighted by Gasteiger charge is 2.22. The van der Waals surface area contributed by atoms with Crippen LogP contribution in [0.25, 0.3) is 11.1 Å². The maximum atomic E-state index is 9.37. The summed E-state index contributed by atoms with van der Waals surface area (Å²) in [5.41, 5.74) is 5.15. The fraction of sp³-hybridized carbons (Fsp3) is 0.143. The first-order chi connectivity index (χ1) is 7.77. The Labute approximate surface area is 93.8 Å². The number of hydrogen-bond acceptors (Lipinski definition) is 2. The topological polar surface area (TPSA) is 40.5 Å². The molecule has 0 fully saturated rings. The Morgan fingerprint density at radius 1 is 0.875 bits per heavy atom. The van der Waals surface area contributed by atoms with Gasteiger partial charge in [0.2, 0.25) is 0 Å². The molecule has 0 amide bonds. The van der Waals surface area contributed by atoms with Gasteiger partial charge in [0.1, 0.15) is 0 Å². The summed E-state index contributed by atoms with van der Waals surface area (Å²) in [7, 11) is 0. The first-order valence-electron chi connectivity index (χ1n) is 5.33. The number of benzene rings is 2. The molecule has 2 aromatic rings. The number of fused-ring (bicyclic) bond motifs is 3. The second-order valence-corrected chi connectivity index (χ2v) is 4.09. The summed E-state index contributed by atoms with van der Waals surface area (Å²) in [6.07, 6.45) is -0.521. The molecule has 0 saturated heterocycles. The molecule has 1 aliphatic rings.